The van der Waals surface area contributed by atoms with Crippen molar-refractivity contribution >= 4 is 0 Å². The number of hydrogen-bond donors (Lipinski definition) is 1. The molecule has 2 saturated heterocycles. The summed E-state index contributed by atoms with van der Waals surface area (Å²) in [5.74, 6) is 2.48. The normalized spacial score (nSPS) is 31.3. The molecular weight excluding hydrogens is 278 g/mol. The van der Waals surface area contributed by atoms with E-state index in [9.17, 15) is 5.21 Å². The first kappa shape index (κ1) is 14.3. The second-order valence-electron chi connectivity index (χ2n) is 7.18. The Labute approximate surface area is 132 Å². The minimum absolute atomic E-state index is 0.187. The highest BCUT2D eigenvalue weighted by atomic mass is 16.5. The first-order chi connectivity index (χ1) is 10.7. The number of hydroxylamine groups is 2. The van der Waals surface area contributed by atoms with E-state index in [2.05, 4.69) is 19.1 Å². The zero-order valence-corrected chi connectivity index (χ0v) is 13.2. The van der Waals surface area contributed by atoms with Crippen molar-refractivity contribution < 1.29 is 14.7 Å². The molecule has 2 bridgehead atoms. The molecule has 2 aliphatic heterocycles. The zero-order chi connectivity index (χ0) is 15.1. The predicted octanol–water partition coefficient (Wildman–Crippen LogP) is 3.55. The number of rotatable bonds is 5. The molecule has 2 heterocycles. The van der Waals surface area contributed by atoms with Gasteiger partial charge in [0.05, 0.1) is 6.61 Å². The number of hydrogen-bond acceptors (Lipinski definition) is 4. The van der Waals surface area contributed by atoms with Gasteiger partial charge in [0.15, 0.2) is 11.5 Å². The monoisotopic (exact) mass is 303 g/mol. The third-order valence-electron chi connectivity index (χ3n) is 5.22. The summed E-state index contributed by atoms with van der Waals surface area (Å²) in [6.07, 6.45) is 6.75. The fraction of sp³-hybridized carbons (Fsp3) is 0.667. The average Bonchev–Trinajstić information content (AvgIpc) is 3.29. The summed E-state index contributed by atoms with van der Waals surface area (Å²) in [6, 6.07) is 6.72. The number of benzene rings is 1. The lowest BCUT2D eigenvalue weighted by Crippen LogP contribution is -2.44. The molecule has 1 unspecified atom stereocenters. The predicted molar refractivity (Wildman–Crippen MR) is 83.5 cm³/mol. The third-order valence-corrected chi connectivity index (χ3v) is 5.22. The van der Waals surface area contributed by atoms with Crippen LogP contribution in [-0.4, -0.2) is 35.1 Å². The van der Waals surface area contributed by atoms with E-state index < -0.39 is 0 Å². The summed E-state index contributed by atoms with van der Waals surface area (Å²) in [5, 5.41) is 11.5. The maximum atomic E-state index is 9.99. The van der Waals surface area contributed by atoms with Gasteiger partial charge in [-0.15, -0.1) is 0 Å². The highest BCUT2D eigenvalue weighted by molar-refractivity contribution is 5.42. The van der Waals surface area contributed by atoms with Crippen molar-refractivity contribution in [3.63, 3.8) is 0 Å². The molecule has 4 nitrogen and oxygen atoms in total. The molecule has 0 radical (unpaired) electrons. The minimum Gasteiger partial charge on any atom is -0.489 e. The van der Waals surface area contributed by atoms with Gasteiger partial charge in [-0.2, -0.15) is 5.06 Å². The van der Waals surface area contributed by atoms with E-state index in [0.29, 0.717) is 0 Å². The van der Waals surface area contributed by atoms with E-state index in [1.54, 1.807) is 5.06 Å². The molecule has 1 N–H and O–H groups in total. The van der Waals surface area contributed by atoms with Gasteiger partial charge in [-0.3, -0.25) is 0 Å². The number of nitrogens with zero attached hydrogens (tertiary/aromatic N) is 1. The molecule has 1 aromatic rings. The Hall–Kier alpha value is -1.26. The Kier molecular flexibility index (Phi) is 3.74. The van der Waals surface area contributed by atoms with Crippen molar-refractivity contribution in [2.24, 2.45) is 5.92 Å². The molecule has 1 saturated carbocycles. The molecule has 0 amide bonds. The molecule has 3 aliphatic rings. The van der Waals surface area contributed by atoms with Crippen LogP contribution in [0.3, 0.4) is 0 Å². The van der Waals surface area contributed by atoms with Crippen LogP contribution in [0.25, 0.3) is 0 Å². The molecular formula is C18H25NO3. The fourth-order valence-corrected chi connectivity index (χ4v) is 3.70. The lowest BCUT2D eigenvalue weighted by molar-refractivity contribution is -0.164. The SMILES string of the molecule is Cc1ccc(OC2C[C@H]3CC[C@@H](C2)N3O)c(OCC2CC2)c1. The highest BCUT2D eigenvalue weighted by Crippen LogP contribution is 2.38. The van der Waals surface area contributed by atoms with E-state index in [0.717, 1.165) is 49.7 Å². The van der Waals surface area contributed by atoms with Gasteiger partial charge in [0.25, 0.3) is 0 Å². The Morgan fingerprint density at radius 1 is 1.09 bits per heavy atom. The molecule has 120 valence electrons. The summed E-state index contributed by atoms with van der Waals surface area (Å²) in [5.41, 5.74) is 1.20. The molecule has 4 rings (SSSR count). The van der Waals surface area contributed by atoms with E-state index in [1.165, 1.54) is 18.4 Å². The molecule has 3 atom stereocenters. The van der Waals surface area contributed by atoms with Gasteiger partial charge in [0, 0.05) is 24.9 Å². The van der Waals surface area contributed by atoms with Gasteiger partial charge in [0.1, 0.15) is 6.10 Å². The smallest absolute Gasteiger partial charge is 0.161 e. The van der Waals surface area contributed by atoms with Crippen molar-refractivity contribution in [2.75, 3.05) is 6.61 Å². The maximum Gasteiger partial charge on any atom is 0.161 e. The minimum atomic E-state index is 0.187. The summed E-state index contributed by atoms with van der Waals surface area (Å²) < 4.78 is 12.2. The van der Waals surface area contributed by atoms with Gasteiger partial charge in [-0.25, -0.2) is 0 Å². The highest BCUT2D eigenvalue weighted by Gasteiger charge is 2.41. The lowest BCUT2D eigenvalue weighted by atomic mass is 10.0. The Morgan fingerprint density at radius 2 is 1.82 bits per heavy atom. The summed E-state index contributed by atoms with van der Waals surface area (Å²) >= 11 is 0. The first-order valence-corrected chi connectivity index (χ1v) is 8.56. The summed E-state index contributed by atoms with van der Waals surface area (Å²) in [4.78, 5) is 0. The van der Waals surface area contributed by atoms with Crippen LogP contribution in [0.4, 0.5) is 0 Å². The molecule has 0 spiro atoms. The average molecular weight is 303 g/mol. The Morgan fingerprint density at radius 3 is 2.50 bits per heavy atom. The van der Waals surface area contributed by atoms with Crippen molar-refractivity contribution in [1.29, 1.82) is 0 Å². The van der Waals surface area contributed by atoms with Crippen molar-refractivity contribution in [3.8, 4) is 11.5 Å². The van der Waals surface area contributed by atoms with E-state index in [4.69, 9.17) is 9.47 Å². The fourth-order valence-electron chi connectivity index (χ4n) is 3.70. The number of aryl methyl sites for hydroxylation is 1. The van der Waals surface area contributed by atoms with Crippen molar-refractivity contribution in [2.45, 2.75) is 63.6 Å². The quantitative estimate of drug-likeness (QED) is 0.903. The number of piperidine rings is 1. The topological polar surface area (TPSA) is 41.9 Å². The van der Waals surface area contributed by atoms with Crippen LogP contribution in [0.5, 0.6) is 11.5 Å². The summed E-state index contributed by atoms with van der Waals surface area (Å²) in [6.45, 7) is 2.89. The van der Waals surface area contributed by atoms with Gasteiger partial charge in [-0.1, -0.05) is 6.07 Å². The third kappa shape index (κ3) is 2.95. The molecule has 22 heavy (non-hydrogen) atoms. The summed E-state index contributed by atoms with van der Waals surface area (Å²) in [7, 11) is 0. The van der Waals surface area contributed by atoms with Crippen LogP contribution in [0.1, 0.15) is 44.1 Å². The molecule has 3 fully saturated rings. The van der Waals surface area contributed by atoms with Crippen molar-refractivity contribution in [3.05, 3.63) is 23.8 Å². The van der Waals surface area contributed by atoms with Crippen LogP contribution in [-0.2, 0) is 0 Å². The van der Waals surface area contributed by atoms with Gasteiger partial charge >= 0.3 is 0 Å². The Bertz CT molecular complexity index is 529. The van der Waals surface area contributed by atoms with Crippen molar-refractivity contribution in [1.82, 2.24) is 5.06 Å². The standard InChI is InChI=1S/C18H25NO3/c1-12-2-7-17(18(8-12)21-11-13-3-4-13)22-16-9-14-5-6-15(10-16)19(14)20/h2,7-8,13-16,20H,3-6,9-11H2,1H3/t14-,15+,16?. The molecule has 0 aromatic heterocycles. The van der Waals surface area contributed by atoms with Crippen LogP contribution in [0.2, 0.25) is 0 Å². The van der Waals surface area contributed by atoms with Crippen LogP contribution < -0.4 is 9.47 Å². The van der Waals surface area contributed by atoms with E-state index in [1.807, 2.05) is 6.07 Å². The van der Waals surface area contributed by atoms with Gasteiger partial charge in [0.2, 0.25) is 0 Å². The van der Waals surface area contributed by atoms with E-state index in [-0.39, 0.29) is 18.2 Å². The Balaban J connectivity index is 1.45. The second kappa shape index (κ2) is 5.74. The second-order valence-corrected chi connectivity index (χ2v) is 7.18. The van der Waals surface area contributed by atoms with Gasteiger partial charge < -0.3 is 14.7 Å². The van der Waals surface area contributed by atoms with Crippen LogP contribution in [0, 0.1) is 12.8 Å². The van der Waals surface area contributed by atoms with Gasteiger partial charge in [-0.05, 0) is 56.2 Å². The first-order valence-electron chi connectivity index (χ1n) is 8.56. The van der Waals surface area contributed by atoms with E-state index >= 15 is 0 Å². The zero-order valence-electron chi connectivity index (χ0n) is 13.2. The molecule has 1 aliphatic carbocycles. The van der Waals surface area contributed by atoms with Crippen LogP contribution in [0.15, 0.2) is 18.2 Å². The molecule has 1 aromatic carbocycles. The number of ether oxygens (including phenoxy) is 2. The molecule has 4 heteroatoms. The number of fused-ring (bicyclic) bond motifs is 2. The maximum absolute atomic E-state index is 9.99. The lowest BCUT2D eigenvalue weighted by Gasteiger charge is -2.34. The van der Waals surface area contributed by atoms with Crippen LogP contribution >= 0.6 is 0 Å². The largest absolute Gasteiger partial charge is 0.489 e.